The maximum atomic E-state index is 5.14. The van der Waals surface area contributed by atoms with Crippen molar-refractivity contribution in [1.82, 2.24) is 0 Å². The van der Waals surface area contributed by atoms with Crippen LogP contribution < -0.4 is 0 Å². The van der Waals surface area contributed by atoms with Gasteiger partial charge < -0.3 is 4.74 Å². The molecule has 1 saturated heterocycles. The Morgan fingerprint density at radius 3 is 2.67 bits per heavy atom. The molecule has 0 aliphatic carbocycles. The van der Waals surface area contributed by atoms with E-state index in [0.29, 0.717) is 5.92 Å². The second-order valence-electron chi connectivity index (χ2n) is 3.24. The molecule has 1 aromatic rings. The Bertz CT molecular complexity index is 292. The zero-order valence-corrected chi connectivity index (χ0v) is 8.60. The second-order valence-corrected chi connectivity index (χ2v) is 4.10. The molecule has 2 heteroatoms. The molecule has 1 nitrogen and oxygen atoms in total. The molecule has 0 saturated carbocycles. The summed E-state index contributed by atoms with van der Waals surface area (Å²) in [4.78, 5) is 0. The first kappa shape index (κ1) is 8.27. The van der Waals surface area contributed by atoms with E-state index in [1.165, 1.54) is 15.6 Å². The third-order valence-corrected chi connectivity index (χ3v) is 3.16. The molecule has 0 unspecified atom stereocenters. The normalized spacial score (nSPS) is 17.5. The van der Waals surface area contributed by atoms with Gasteiger partial charge in [-0.15, -0.1) is 0 Å². The van der Waals surface area contributed by atoms with Crippen LogP contribution in [0.25, 0.3) is 0 Å². The lowest BCUT2D eigenvalue weighted by Gasteiger charge is -2.26. The number of hydrogen-bond donors (Lipinski definition) is 0. The summed E-state index contributed by atoms with van der Waals surface area (Å²) in [7, 11) is 0. The molecule has 1 heterocycles. The fourth-order valence-electron chi connectivity index (χ4n) is 1.29. The Morgan fingerprint density at radius 2 is 2.17 bits per heavy atom. The number of rotatable bonds is 1. The fraction of sp³-hybridized carbons (Fsp3) is 0.400. The van der Waals surface area contributed by atoms with E-state index in [0.717, 1.165) is 13.2 Å². The first-order valence-corrected chi connectivity index (χ1v) is 4.90. The summed E-state index contributed by atoms with van der Waals surface area (Å²) in [6, 6.07) is 6.54. The maximum absolute atomic E-state index is 5.14. The van der Waals surface area contributed by atoms with Crippen molar-refractivity contribution in [3.63, 3.8) is 0 Å². The van der Waals surface area contributed by atoms with Crippen LogP contribution in [0.2, 0.25) is 0 Å². The molecule has 12 heavy (non-hydrogen) atoms. The van der Waals surface area contributed by atoms with Gasteiger partial charge in [-0.3, -0.25) is 0 Å². The van der Waals surface area contributed by atoms with Gasteiger partial charge in [-0.05, 0) is 24.1 Å². The molecule has 0 bridgehead atoms. The molecule has 0 atom stereocenters. The van der Waals surface area contributed by atoms with Gasteiger partial charge in [0.1, 0.15) is 0 Å². The highest BCUT2D eigenvalue weighted by molar-refractivity contribution is 9.10. The van der Waals surface area contributed by atoms with Gasteiger partial charge in [-0.25, -0.2) is 0 Å². The fourth-order valence-corrected chi connectivity index (χ4v) is 1.69. The molecule has 1 aromatic carbocycles. The monoisotopic (exact) mass is 226 g/mol. The quantitative estimate of drug-likeness (QED) is 0.716. The zero-order valence-electron chi connectivity index (χ0n) is 7.01. The minimum absolute atomic E-state index is 0.627. The van der Waals surface area contributed by atoms with E-state index in [2.05, 4.69) is 41.1 Å². The smallest absolute Gasteiger partial charge is 0.0557 e. The number of aryl methyl sites for hydroxylation is 1. The van der Waals surface area contributed by atoms with Gasteiger partial charge in [0.2, 0.25) is 0 Å². The SMILES string of the molecule is Cc1ccc(C2COC2)cc1Br. The van der Waals surface area contributed by atoms with Crippen LogP contribution >= 0.6 is 15.9 Å². The van der Waals surface area contributed by atoms with Crippen molar-refractivity contribution >= 4 is 15.9 Å². The maximum Gasteiger partial charge on any atom is 0.0557 e. The Labute approximate surface area is 80.9 Å². The Kier molecular flexibility index (Phi) is 2.20. The number of benzene rings is 1. The minimum atomic E-state index is 0.627. The third kappa shape index (κ3) is 1.41. The standard InChI is InChI=1S/C10H11BrO/c1-7-2-3-8(4-10(7)11)9-5-12-6-9/h2-4,9H,5-6H2,1H3. The molecule has 0 spiro atoms. The van der Waals surface area contributed by atoms with Crippen molar-refractivity contribution in [3.05, 3.63) is 33.8 Å². The Balaban J connectivity index is 2.27. The highest BCUT2D eigenvalue weighted by atomic mass is 79.9. The summed E-state index contributed by atoms with van der Waals surface area (Å²) >= 11 is 3.53. The average Bonchev–Trinajstić information content (AvgIpc) is 1.93. The molecule has 0 aromatic heterocycles. The van der Waals surface area contributed by atoms with E-state index in [4.69, 9.17) is 4.74 Å². The van der Waals surface area contributed by atoms with Crippen molar-refractivity contribution < 1.29 is 4.74 Å². The van der Waals surface area contributed by atoms with Crippen LogP contribution in [0.3, 0.4) is 0 Å². The van der Waals surface area contributed by atoms with Gasteiger partial charge in [0.15, 0.2) is 0 Å². The van der Waals surface area contributed by atoms with E-state index >= 15 is 0 Å². The van der Waals surface area contributed by atoms with E-state index in [9.17, 15) is 0 Å². The van der Waals surface area contributed by atoms with Crippen molar-refractivity contribution in [2.24, 2.45) is 0 Å². The topological polar surface area (TPSA) is 9.23 Å². The van der Waals surface area contributed by atoms with Crippen LogP contribution in [0, 0.1) is 6.92 Å². The summed E-state index contributed by atoms with van der Waals surface area (Å²) in [5.41, 5.74) is 2.68. The zero-order chi connectivity index (χ0) is 8.55. The summed E-state index contributed by atoms with van der Waals surface area (Å²) in [5, 5.41) is 0. The van der Waals surface area contributed by atoms with E-state index in [1.54, 1.807) is 0 Å². The van der Waals surface area contributed by atoms with Crippen LogP contribution in [0.15, 0.2) is 22.7 Å². The van der Waals surface area contributed by atoms with Gasteiger partial charge in [-0.1, -0.05) is 28.1 Å². The first-order chi connectivity index (χ1) is 5.77. The van der Waals surface area contributed by atoms with Crippen LogP contribution in [0.1, 0.15) is 17.0 Å². The molecule has 1 fully saturated rings. The predicted molar refractivity (Wildman–Crippen MR) is 52.4 cm³/mol. The molecular formula is C10H11BrO. The van der Waals surface area contributed by atoms with E-state index in [1.807, 2.05) is 0 Å². The lowest BCUT2D eigenvalue weighted by Crippen LogP contribution is -2.24. The second kappa shape index (κ2) is 3.19. The molecule has 0 amide bonds. The first-order valence-electron chi connectivity index (χ1n) is 4.11. The van der Waals surface area contributed by atoms with Crippen molar-refractivity contribution in [1.29, 1.82) is 0 Å². The lowest BCUT2D eigenvalue weighted by molar-refractivity contribution is 0.00840. The van der Waals surface area contributed by atoms with Gasteiger partial charge >= 0.3 is 0 Å². The van der Waals surface area contributed by atoms with Crippen LogP contribution in [-0.2, 0) is 4.74 Å². The van der Waals surface area contributed by atoms with Gasteiger partial charge in [0, 0.05) is 10.4 Å². The molecule has 64 valence electrons. The van der Waals surface area contributed by atoms with Crippen LogP contribution in [-0.4, -0.2) is 13.2 Å². The summed E-state index contributed by atoms with van der Waals surface area (Å²) in [5.74, 6) is 0.627. The summed E-state index contributed by atoms with van der Waals surface area (Å²) in [6.45, 7) is 3.87. The van der Waals surface area contributed by atoms with Crippen molar-refractivity contribution in [3.8, 4) is 0 Å². The number of halogens is 1. The average molecular weight is 227 g/mol. The molecular weight excluding hydrogens is 216 g/mol. The van der Waals surface area contributed by atoms with Gasteiger partial charge in [-0.2, -0.15) is 0 Å². The predicted octanol–water partition coefficient (Wildman–Crippen LogP) is 2.87. The molecule has 0 radical (unpaired) electrons. The highest BCUT2D eigenvalue weighted by Crippen LogP contribution is 2.27. The number of ether oxygens (including phenoxy) is 1. The largest absolute Gasteiger partial charge is 0.380 e. The molecule has 1 aliphatic rings. The van der Waals surface area contributed by atoms with Crippen LogP contribution in [0.4, 0.5) is 0 Å². The lowest BCUT2D eigenvalue weighted by atomic mass is 9.97. The molecule has 1 aliphatic heterocycles. The van der Waals surface area contributed by atoms with Crippen LogP contribution in [0.5, 0.6) is 0 Å². The van der Waals surface area contributed by atoms with E-state index < -0.39 is 0 Å². The minimum Gasteiger partial charge on any atom is -0.380 e. The number of hydrogen-bond acceptors (Lipinski definition) is 1. The van der Waals surface area contributed by atoms with E-state index in [-0.39, 0.29) is 0 Å². The summed E-state index contributed by atoms with van der Waals surface area (Å²) < 4.78 is 6.34. The van der Waals surface area contributed by atoms with Crippen molar-refractivity contribution in [2.75, 3.05) is 13.2 Å². The Morgan fingerprint density at radius 1 is 1.42 bits per heavy atom. The van der Waals surface area contributed by atoms with Gasteiger partial charge in [0.25, 0.3) is 0 Å². The Hall–Kier alpha value is -0.340. The third-order valence-electron chi connectivity index (χ3n) is 2.31. The van der Waals surface area contributed by atoms with Crippen molar-refractivity contribution in [2.45, 2.75) is 12.8 Å². The molecule has 2 rings (SSSR count). The van der Waals surface area contributed by atoms with Gasteiger partial charge in [0.05, 0.1) is 13.2 Å². The summed E-state index contributed by atoms with van der Waals surface area (Å²) in [6.07, 6.45) is 0. The molecule has 0 N–H and O–H groups in total. The highest BCUT2D eigenvalue weighted by Gasteiger charge is 2.20.